The number of ether oxygens (including phenoxy) is 3. The molecule has 3 rings (SSSR count). The molecule has 9 nitrogen and oxygen atoms in total. The van der Waals surface area contributed by atoms with Gasteiger partial charge in [-0.15, -0.1) is 0 Å². The maximum absolute atomic E-state index is 13.8. The number of carbonyl (C=O) groups excluding carboxylic acids is 4. The molecule has 0 atom stereocenters. The van der Waals surface area contributed by atoms with E-state index in [0.717, 1.165) is 6.07 Å². The summed E-state index contributed by atoms with van der Waals surface area (Å²) in [5.74, 6) is -7.11. The highest BCUT2D eigenvalue weighted by atomic mass is 35.5. The van der Waals surface area contributed by atoms with Crippen LogP contribution in [0.5, 0.6) is 11.5 Å². The Hall–Kier alpha value is -3.71. The van der Waals surface area contributed by atoms with Crippen LogP contribution in [0.15, 0.2) is 29.2 Å². The summed E-state index contributed by atoms with van der Waals surface area (Å²) in [5.41, 5.74) is -0.317. The van der Waals surface area contributed by atoms with Crippen molar-refractivity contribution in [3.8, 4) is 11.5 Å². The van der Waals surface area contributed by atoms with Crippen molar-refractivity contribution in [1.29, 1.82) is 0 Å². The molecule has 1 fully saturated rings. The fourth-order valence-electron chi connectivity index (χ4n) is 3.04. The van der Waals surface area contributed by atoms with Crippen LogP contribution in [0.1, 0.15) is 12.5 Å². The summed E-state index contributed by atoms with van der Waals surface area (Å²) in [6.45, 7) is 0.592. The number of benzene rings is 2. The number of rotatable bonds is 9. The van der Waals surface area contributed by atoms with E-state index in [1.807, 2.05) is 5.32 Å². The second-order valence-corrected chi connectivity index (χ2v) is 8.57. The van der Waals surface area contributed by atoms with E-state index in [4.69, 9.17) is 25.8 Å². The average Bonchev–Trinajstić information content (AvgIpc) is 3.10. The number of thioether (sulfide) groups is 1. The Balaban J connectivity index is 1.74. The minimum Gasteiger partial charge on any atom is -0.493 e. The second-order valence-electron chi connectivity index (χ2n) is 7.17. The van der Waals surface area contributed by atoms with Gasteiger partial charge >= 0.3 is 5.97 Å². The number of hydrogen-bond donors (Lipinski definition) is 1. The molecular weight excluding hydrogens is 541 g/mol. The van der Waals surface area contributed by atoms with Crippen molar-refractivity contribution in [3.05, 3.63) is 57.2 Å². The Morgan fingerprint density at radius 3 is 2.57 bits per heavy atom. The van der Waals surface area contributed by atoms with Crippen molar-refractivity contribution in [2.45, 2.75) is 6.92 Å². The van der Waals surface area contributed by atoms with Crippen molar-refractivity contribution in [3.63, 3.8) is 0 Å². The summed E-state index contributed by atoms with van der Waals surface area (Å²) < 4.78 is 55.6. The maximum atomic E-state index is 13.8. The van der Waals surface area contributed by atoms with Crippen molar-refractivity contribution in [1.82, 2.24) is 4.90 Å². The van der Waals surface area contributed by atoms with Crippen LogP contribution < -0.4 is 14.8 Å². The normalized spacial score (nSPS) is 14.2. The Morgan fingerprint density at radius 2 is 1.89 bits per heavy atom. The second kappa shape index (κ2) is 12.0. The molecule has 14 heteroatoms. The van der Waals surface area contributed by atoms with Gasteiger partial charge in [0.1, 0.15) is 6.54 Å². The lowest BCUT2D eigenvalue weighted by Crippen LogP contribution is -2.36. The van der Waals surface area contributed by atoms with Gasteiger partial charge in [-0.2, -0.15) is 0 Å². The van der Waals surface area contributed by atoms with Gasteiger partial charge in [0.05, 0.1) is 29.3 Å². The Kier molecular flexibility index (Phi) is 9.05. The van der Waals surface area contributed by atoms with Gasteiger partial charge in [0, 0.05) is 0 Å². The molecular formula is C23H18ClF3N2O7S. The summed E-state index contributed by atoms with van der Waals surface area (Å²) >= 11 is 6.78. The zero-order valence-corrected chi connectivity index (χ0v) is 20.8. The van der Waals surface area contributed by atoms with Crippen LogP contribution in [0, 0.1) is 17.5 Å². The predicted molar refractivity (Wildman–Crippen MR) is 128 cm³/mol. The maximum Gasteiger partial charge on any atom is 0.344 e. The molecule has 2 aromatic rings. The first-order valence-corrected chi connectivity index (χ1v) is 11.6. The van der Waals surface area contributed by atoms with Crippen molar-refractivity contribution < 1.29 is 46.6 Å². The number of halogens is 4. The molecule has 1 aliphatic heterocycles. The standard InChI is InChI=1S/C23H18ClF3N2O7S/c1-3-35-18(31)10-36-21-12(24)6-11(7-15(21)34-2)8-16-22(32)29(23(33)37-16)9-17(30)28-14-5-4-13(25)19(26)20(14)27/h4-8H,3,9-10H2,1-2H3,(H,28,30)/b16-8-. The molecule has 1 N–H and O–H groups in total. The molecule has 0 saturated carbocycles. The van der Waals surface area contributed by atoms with Crippen molar-refractivity contribution >= 4 is 58.1 Å². The minimum atomic E-state index is -1.78. The molecule has 0 bridgehead atoms. The first kappa shape index (κ1) is 27.9. The predicted octanol–water partition coefficient (Wildman–Crippen LogP) is 4.38. The van der Waals surface area contributed by atoms with E-state index in [9.17, 15) is 32.3 Å². The van der Waals surface area contributed by atoms with Gasteiger partial charge in [0.25, 0.3) is 11.1 Å². The topological polar surface area (TPSA) is 111 Å². The molecule has 3 amide bonds. The highest BCUT2D eigenvalue weighted by Gasteiger charge is 2.36. The SMILES string of the molecule is CCOC(=O)COc1c(Cl)cc(/C=C2\SC(=O)N(CC(=O)Nc3ccc(F)c(F)c3F)C2=O)cc1OC. The number of hydrogen-bond acceptors (Lipinski definition) is 8. The average molecular weight is 559 g/mol. The Bertz CT molecular complexity index is 1310. The largest absolute Gasteiger partial charge is 0.493 e. The molecule has 0 radical (unpaired) electrons. The van der Waals surface area contributed by atoms with Crippen LogP contribution >= 0.6 is 23.4 Å². The zero-order valence-electron chi connectivity index (χ0n) is 19.2. The highest BCUT2D eigenvalue weighted by molar-refractivity contribution is 8.18. The number of anilines is 1. The van der Waals surface area contributed by atoms with Gasteiger partial charge in [0.15, 0.2) is 35.6 Å². The number of amides is 3. The molecule has 196 valence electrons. The number of imide groups is 1. The van der Waals surface area contributed by atoms with Crippen LogP contribution in [0.2, 0.25) is 5.02 Å². The summed E-state index contributed by atoms with van der Waals surface area (Å²) in [6, 6.07) is 4.26. The molecule has 2 aromatic carbocycles. The zero-order chi connectivity index (χ0) is 27.3. The van der Waals surface area contributed by atoms with E-state index in [1.54, 1.807) is 6.92 Å². The first-order valence-electron chi connectivity index (χ1n) is 10.4. The van der Waals surface area contributed by atoms with Crippen LogP contribution in [0.4, 0.5) is 23.7 Å². The van der Waals surface area contributed by atoms with Crippen molar-refractivity contribution in [2.24, 2.45) is 0 Å². The molecule has 1 aliphatic rings. The lowest BCUT2D eigenvalue weighted by molar-refractivity contribution is -0.145. The monoisotopic (exact) mass is 558 g/mol. The van der Waals surface area contributed by atoms with E-state index < -0.39 is 59.3 Å². The first-order chi connectivity index (χ1) is 17.5. The van der Waals surface area contributed by atoms with E-state index >= 15 is 0 Å². The molecule has 0 unspecified atom stereocenters. The Labute approximate surface area is 217 Å². The smallest absolute Gasteiger partial charge is 0.344 e. The molecule has 1 saturated heterocycles. The van der Waals surface area contributed by atoms with Gasteiger partial charge in [-0.3, -0.25) is 19.3 Å². The summed E-state index contributed by atoms with van der Waals surface area (Å²) in [6.07, 6.45) is 1.32. The third kappa shape index (κ3) is 6.54. The van der Waals surface area contributed by atoms with Gasteiger partial charge in [-0.25, -0.2) is 18.0 Å². The fraction of sp³-hybridized carbons (Fsp3) is 0.217. The van der Waals surface area contributed by atoms with Gasteiger partial charge in [-0.05, 0) is 54.6 Å². The third-order valence-electron chi connectivity index (χ3n) is 4.67. The molecule has 37 heavy (non-hydrogen) atoms. The minimum absolute atomic E-state index is 0.0436. The number of nitrogens with zero attached hydrogens (tertiary/aromatic N) is 1. The summed E-state index contributed by atoms with van der Waals surface area (Å²) in [5, 5.41) is 1.25. The molecule has 0 spiro atoms. The van der Waals surface area contributed by atoms with Crippen LogP contribution in [0.3, 0.4) is 0 Å². The number of methoxy groups -OCH3 is 1. The number of esters is 1. The quantitative estimate of drug-likeness (QED) is 0.274. The van der Waals surface area contributed by atoms with Crippen LogP contribution in [-0.4, -0.2) is 54.8 Å². The highest BCUT2D eigenvalue weighted by Crippen LogP contribution is 2.39. The van der Waals surface area contributed by atoms with E-state index in [1.165, 1.54) is 25.3 Å². The van der Waals surface area contributed by atoms with Gasteiger partial charge in [0.2, 0.25) is 5.91 Å². The van der Waals surface area contributed by atoms with Crippen molar-refractivity contribution in [2.75, 3.05) is 32.2 Å². The molecule has 0 aliphatic carbocycles. The Morgan fingerprint density at radius 1 is 1.16 bits per heavy atom. The molecule has 1 heterocycles. The summed E-state index contributed by atoms with van der Waals surface area (Å²) in [7, 11) is 1.33. The third-order valence-corrected chi connectivity index (χ3v) is 5.86. The van der Waals surface area contributed by atoms with Gasteiger partial charge < -0.3 is 19.5 Å². The van der Waals surface area contributed by atoms with E-state index in [0.29, 0.717) is 28.3 Å². The number of carbonyl (C=O) groups is 4. The van der Waals surface area contributed by atoms with Crippen LogP contribution in [-0.2, 0) is 19.1 Å². The van der Waals surface area contributed by atoms with E-state index in [-0.39, 0.29) is 28.0 Å². The number of nitrogens with one attached hydrogen (secondary N) is 1. The fourth-order valence-corrected chi connectivity index (χ4v) is 4.15. The lowest BCUT2D eigenvalue weighted by Gasteiger charge is -2.13. The lowest BCUT2D eigenvalue weighted by atomic mass is 10.1. The van der Waals surface area contributed by atoms with E-state index in [2.05, 4.69) is 0 Å². The van der Waals surface area contributed by atoms with Crippen LogP contribution in [0.25, 0.3) is 6.08 Å². The summed E-state index contributed by atoms with van der Waals surface area (Å²) in [4.78, 5) is 49.4. The molecule has 0 aromatic heterocycles. The van der Waals surface area contributed by atoms with Gasteiger partial charge in [-0.1, -0.05) is 11.6 Å².